The van der Waals surface area contributed by atoms with Gasteiger partial charge in [0.15, 0.2) is 16.2 Å². The molecule has 0 spiro atoms. The second-order valence-corrected chi connectivity index (χ2v) is 5.69. The summed E-state index contributed by atoms with van der Waals surface area (Å²) in [4.78, 5) is 22.7. The zero-order chi connectivity index (χ0) is 17.3. The molecule has 3 heterocycles. The summed E-state index contributed by atoms with van der Waals surface area (Å²) in [5.74, 6) is 1.47. The van der Waals surface area contributed by atoms with Crippen molar-refractivity contribution in [3.8, 4) is 11.5 Å². The van der Waals surface area contributed by atoms with Crippen molar-refractivity contribution in [2.24, 2.45) is 7.05 Å². The first-order valence-corrected chi connectivity index (χ1v) is 7.88. The van der Waals surface area contributed by atoms with Gasteiger partial charge in [-0.15, -0.1) is 0 Å². The molecule has 24 heavy (non-hydrogen) atoms. The van der Waals surface area contributed by atoms with Gasteiger partial charge >= 0.3 is 0 Å². The van der Waals surface area contributed by atoms with Gasteiger partial charge in [0.1, 0.15) is 11.6 Å². The number of pyridine rings is 2. The van der Waals surface area contributed by atoms with Crippen LogP contribution in [0.2, 0.25) is 0 Å². The van der Waals surface area contributed by atoms with Crippen LogP contribution in [0, 0.1) is 4.77 Å². The second-order valence-electron chi connectivity index (χ2n) is 5.30. The highest BCUT2D eigenvalue weighted by atomic mass is 32.1. The molecule has 0 aliphatic carbocycles. The van der Waals surface area contributed by atoms with Crippen LogP contribution in [0.25, 0.3) is 11.2 Å². The zero-order valence-electron chi connectivity index (χ0n) is 13.6. The van der Waals surface area contributed by atoms with Gasteiger partial charge in [-0.2, -0.15) is 0 Å². The van der Waals surface area contributed by atoms with E-state index >= 15 is 0 Å². The minimum Gasteiger partial charge on any atom is -0.455 e. The molecule has 0 unspecified atom stereocenters. The Morgan fingerprint density at radius 3 is 2.96 bits per heavy atom. The molecule has 0 aromatic carbocycles. The van der Waals surface area contributed by atoms with Gasteiger partial charge in [0.05, 0.1) is 11.7 Å². The number of hydrogen-bond acceptors (Lipinski definition) is 5. The highest BCUT2D eigenvalue weighted by Crippen LogP contribution is 2.30. The Labute approximate surface area is 143 Å². The van der Waals surface area contributed by atoms with Gasteiger partial charge in [0, 0.05) is 31.8 Å². The third-order valence-corrected chi connectivity index (χ3v) is 3.98. The van der Waals surface area contributed by atoms with E-state index in [0.717, 1.165) is 23.1 Å². The molecule has 0 atom stereocenters. The lowest BCUT2D eigenvalue weighted by Crippen LogP contribution is -2.07. The van der Waals surface area contributed by atoms with E-state index in [4.69, 9.17) is 17.0 Å². The molecule has 3 aromatic rings. The Kier molecular flexibility index (Phi) is 4.30. The van der Waals surface area contributed by atoms with Crippen LogP contribution in [0.15, 0.2) is 24.5 Å². The Morgan fingerprint density at radius 2 is 2.25 bits per heavy atom. The molecule has 0 fully saturated rings. The molecule has 0 saturated carbocycles. The molecule has 0 saturated heterocycles. The summed E-state index contributed by atoms with van der Waals surface area (Å²) in [6, 6.07) is 3.39. The minimum absolute atomic E-state index is 0.186. The summed E-state index contributed by atoms with van der Waals surface area (Å²) in [7, 11) is 1.90. The maximum absolute atomic E-state index is 11.2. The Balaban J connectivity index is 2.02. The summed E-state index contributed by atoms with van der Waals surface area (Å²) in [6.45, 7) is 3.48. The number of rotatable bonds is 4. The summed E-state index contributed by atoms with van der Waals surface area (Å²) < 4.78 is 8.48. The number of aromatic nitrogens is 4. The molecule has 124 valence electrons. The molecule has 0 aliphatic rings. The quantitative estimate of drug-likeness (QED) is 0.710. The van der Waals surface area contributed by atoms with E-state index in [0.29, 0.717) is 22.1 Å². The molecule has 0 radical (unpaired) electrons. The zero-order valence-corrected chi connectivity index (χ0v) is 14.4. The third kappa shape index (κ3) is 3.00. The first-order valence-electron chi connectivity index (χ1n) is 7.47. The van der Waals surface area contributed by atoms with Crippen LogP contribution < -0.4 is 10.1 Å². The molecule has 1 amide bonds. The Bertz CT molecular complexity index is 976. The second kappa shape index (κ2) is 6.40. The van der Waals surface area contributed by atoms with E-state index < -0.39 is 0 Å². The number of carbonyl (C=O) groups excluding carboxylic acids is 1. The van der Waals surface area contributed by atoms with E-state index in [9.17, 15) is 4.79 Å². The topological polar surface area (TPSA) is 84.8 Å². The number of nitrogens with one attached hydrogen (secondary N) is 2. The van der Waals surface area contributed by atoms with E-state index in [-0.39, 0.29) is 5.91 Å². The number of imidazole rings is 1. The van der Waals surface area contributed by atoms with Crippen molar-refractivity contribution < 1.29 is 9.53 Å². The lowest BCUT2D eigenvalue weighted by Gasteiger charge is -2.12. The van der Waals surface area contributed by atoms with E-state index in [1.54, 1.807) is 24.5 Å². The van der Waals surface area contributed by atoms with Crippen LogP contribution in [-0.2, 0) is 18.3 Å². The predicted molar refractivity (Wildman–Crippen MR) is 93.9 cm³/mol. The average Bonchev–Trinajstić information content (AvgIpc) is 2.82. The molecular weight excluding hydrogens is 326 g/mol. The van der Waals surface area contributed by atoms with Crippen LogP contribution in [-0.4, -0.2) is 25.4 Å². The molecule has 0 aliphatic heterocycles. The maximum atomic E-state index is 11.2. The van der Waals surface area contributed by atoms with Gasteiger partial charge in [-0.05, 0) is 24.7 Å². The van der Waals surface area contributed by atoms with Crippen molar-refractivity contribution in [2.45, 2.75) is 20.3 Å². The molecule has 0 bridgehead atoms. The van der Waals surface area contributed by atoms with E-state index in [1.165, 1.54) is 6.92 Å². The number of aromatic amines is 1. The van der Waals surface area contributed by atoms with Crippen LogP contribution >= 0.6 is 12.2 Å². The van der Waals surface area contributed by atoms with Gasteiger partial charge < -0.3 is 19.6 Å². The number of carbonyl (C=O) groups is 1. The molecule has 3 rings (SSSR count). The highest BCUT2D eigenvalue weighted by molar-refractivity contribution is 7.71. The van der Waals surface area contributed by atoms with Crippen LogP contribution in [0.1, 0.15) is 19.4 Å². The van der Waals surface area contributed by atoms with Crippen LogP contribution in [0.3, 0.4) is 0 Å². The summed E-state index contributed by atoms with van der Waals surface area (Å²) in [6.07, 6.45) is 4.01. The lowest BCUT2D eigenvalue weighted by atomic mass is 10.1. The van der Waals surface area contributed by atoms with Crippen LogP contribution in [0.4, 0.5) is 5.82 Å². The number of anilines is 1. The number of nitrogens with zero attached hydrogens (tertiary/aromatic N) is 3. The summed E-state index contributed by atoms with van der Waals surface area (Å²) >= 11 is 5.27. The predicted octanol–water partition coefficient (Wildman–Crippen LogP) is 3.34. The number of aryl methyl sites for hydroxylation is 2. The normalized spacial score (nSPS) is 10.8. The Morgan fingerprint density at radius 1 is 1.46 bits per heavy atom. The van der Waals surface area contributed by atoms with Crippen LogP contribution in [0.5, 0.6) is 11.5 Å². The summed E-state index contributed by atoms with van der Waals surface area (Å²) in [5.41, 5.74) is 2.67. The first-order chi connectivity index (χ1) is 11.5. The van der Waals surface area contributed by atoms with Gasteiger partial charge in [0.25, 0.3) is 0 Å². The summed E-state index contributed by atoms with van der Waals surface area (Å²) in [5, 5.41) is 2.63. The largest absolute Gasteiger partial charge is 0.455 e. The van der Waals surface area contributed by atoms with Gasteiger partial charge in [-0.25, -0.2) is 9.97 Å². The average molecular weight is 343 g/mol. The minimum atomic E-state index is -0.186. The van der Waals surface area contributed by atoms with Crippen molar-refractivity contribution in [3.05, 3.63) is 34.9 Å². The molecule has 8 heteroatoms. The van der Waals surface area contributed by atoms with Gasteiger partial charge in [-0.1, -0.05) is 6.92 Å². The van der Waals surface area contributed by atoms with Crippen molar-refractivity contribution in [3.63, 3.8) is 0 Å². The van der Waals surface area contributed by atoms with E-state index in [1.807, 2.05) is 18.5 Å². The number of fused-ring (bicyclic) bond motifs is 1. The maximum Gasteiger partial charge on any atom is 0.222 e. The molecular formula is C16H17N5O2S. The number of ether oxygens (including phenoxy) is 1. The monoisotopic (exact) mass is 343 g/mol. The van der Waals surface area contributed by atoms with E-state index in [2.05, 4.69) is 20.3 Å². The fourth-order valence-electron chi connectivity index (χ4n) is 2.54. The van der Waals surface area contributed by atoms with Crippen molar-refractivity contribution in [2.75, 3.05) is 5.32 Å². The smallest absolute Gasteiger partial charge is 0.222 e. The van der Waals surface area contributed by atoms with Crippen molar-refractivity contribution in [1.29, 1.82) is 0 Å². The van der Waals surface area contributed by atoms with Gasteiger partial charge in [0.2, 0.25) is 5.91 Å². The SMILES string of the molecule is CCc1c(Oc2ccnc(NC(C)=O)c2)cnc2[nH]c(=S)n(C)c12. The molecule has 2 N–H and O–H groups in total. The first kappa shape index (κ1) is 16.1. The molecule has 3 aromatic heterocycles. The Hall–Kier alpha value is -2.74. The number of H-pyrrole nitrogens is 1. The fourth-order valence-corrected chi connectivity index (χ4v) is 2.73. The standard InChI is InChI=1S/C16H17N5O2S/c1-4-11-12(8-18-15-14(11)21(3)16(24)20-15)23-10-5-6-17-13(7-10)19-9(2)22/h5-8H,4H2,1-3H3,(H,17,19,22)(H,18,20,24). The van der Waals surface area contributed by atoms with Crippen molar-refractivity contribution >= 4 is 35.1 Å². The third-order valence-electron chi connectivity index (χ3n) is 3.60. The van der Waals surface area contributed by atoms with Crippen molar-refractivity contribution in [1.82, 2.24) is 19.5 Å². The highest BCUT2D eigenvalue weighted by Gasteiger charge is 2.14. The molecule has 7 nitrogen and oxygen atoms in total. The fraction of sp³-hybridized carbons (Fsp3) is 0.250. The number of amides is 1. The van der Waals surface area contributed by atoms with Gasteiger partial charge in [-0.3, -0.25) is 4.79 Å². The lowest BCUT2D eigenvalue weighted by molar-refractivity contribution is -0.114. The number of hydrogen-bond donors (Lipinski definition) is 2.